The fourth-order valence-corrected chi connectivity index (χ4v) is 3.52. The highest BCUT2D eigenvalue weighted by molar-refractivity contribution is 7.91. The van der Waals surface area contributed by atoms with Gasteiger partial charge in [0.25, 0.3) is 0 Å². The predicted octanol–water partition coefficient (Wildman–Crippen LogP) is 0.438. The van der Waals surface area contributed by atoms with Gasteiger partial charge in [-0.2, -0.15) is 0 Å². The van der Waals surface area contributed by atoms with E-state index in [1.807, 2.05) is 0 Å². The second-order valence-corrected chi connectivity index (χ2v) is 6.49. The second-order valence-electron chi connectivity index (χ2n) is 3.85. The first-order valence-electron chi connectivity index (χ1n) is 5.28. The van der Waals surface area contributed by atoms with Crippen LogP contribution in [-0.2, 0) is 9.84 Å². The van der Waals surface area contributed by atoms with E-state index in [0.717, 1.165) is 25.8 Å². The SMILES string of the molecule is CCCNC(=S)NC1CCCS(=O)(=O)C1. The third kappa shape index (κ3) is 4.79. The summed E-state index contributed by atoms with van der Waals surface area (Å²) in [5.74, 6) is 0.529. The molecule has 2 N–H and O–H groups in total. The van der Waals surface area contributed by atoms with E-state index in [-0.39, 0.29) is 11.8 Å². The summed E-state index contributed by atoms with van der Waals surface area (Å²) in [6, 6.07) is -0.0133. The molecule has 6 heteroatoms. The highest BCUT2D eigenvalue weighted by atomic mass is 32.2. The third-order valence-electron chi connectivity index (χ3n) is 2.33. The quantitative estimate of drug-likeness (QED) is 0.712. The maximum atomic E-state index is 11.4. The van der Waals surface area contributed by atoms with Crippen molar-refractivity contribution in [3.8, 4) is 0 Å². The smallest absolute Gasteiger partial charge is 0.166 e. The third-order valence-corrected chi connectivity index (χ3v) is 4.42. The van der Waals surface area contributed by atoms with Crippen LogP contribution >= 0.6 is 12.2 Å². The normalized spacial score (nSPS) is 24.5. The van der Waals surface area contributed by atoms with E-state index in [9.17, 15) is 8.42 Å². The van der Waals surface area contributed by atoms with E-state index in [4.69, 9.17) is 12.2 Å². The van der Waals surface area contributed by atoms with Gasteiger partial charge in [0.1, 0.15) is 0 Å². The lowest BCUT2D eigenvalue weighted by Crippen LogP contribution is -2.47. The molecule has 15 heavy (non-hydrogen) atoms. The van der Waals surface area contributed by atoms with E-state index in [1.54, 1.807) is 0 Å². The highest BCUT2D eigenvalue weighted by Gasteiger charge is 2.24. The molecule has 0 aromatic carbocycles. The summed E-state index contributed by atoms with van der Waals surface area (Å²) in [5, 5.41) is 6.65. The zero-order valence-corrected chi connectivity index (χ0v) is 10.6. The lowest BCUT2D eigenvalue weighted by Gasteiger charge is -2.24. The lowest BCUT2D eigenvalue weighted by atomic mass is 10.2. The summed E-state index contributed by atoms with van der Waals surface area (Å²) in [6.07, 6.45) is 2.62. The van der Waals surface area contributed by atoms with Crippen molar-refractivity contribution < 1.29 is 8.42 Å². The molecule has 0 saturated carbocycles. The molecule has 1 atom stereocenters. The van der Waals surface area contributed by atoms with Gasteiger partial charge < -0.3 is 10.6 Å². The first-order chi connectivity index (χ1) is 7.03. The molecule has 1 saturated heterocycles. The molecule has 0 aromatic heterocycles. The van der Waals surface area contributed by atoms with Crippen LogP contribution in [0.1, 0.15) is 26.2 Å². The Labute approximate surface area is 96.7 Å². The Morgan fingerprint density at radius 1 is 1.53 bits per heavy atom. The zero-order chi connectivity index (χ0) is 11.3. The maximum Gasteiger partial charge on any atom is 0.166 e. The molecule has 0 spiro atoms. The fraction of sp³-hybridized carbons (Fsp3) is 0.889. The molecule has 0 amide bonds. The van der Waals surface area contributed by atoms with Crippen molar-refractivity contribution in [2.24, 2.45) is 0 Å². The highest BCUT2D eigenvalue weighted by Crippen LogP contribution is 2.11. The van der Waals surface area contributed by atoms with Crippen molar-refractivity contribution in [2.45, 2.75) is 32.2 Å². The minimum Gasteiger partial charge on any atom is -0.363 e. The molecule has 1 rings (SSSR count). The van der Waals surface area contributed by atoms with Crippen LogP contribution in [0.15, 0.2) is 0 Å². The monoisotopic (exact) mass is 250 g/mol. The number of hydrogen-bond donors (Lipinski definition) is 2. The van der Waals surface area contributed by atoms with E-state index in [0.29, 0.717) is 10.9 Å². The first kappa shape index (κ1) is 12.7. The number of rotatable bonds is 3. The van der Waals surface area contributed by atoms with Crippen LogP contribution in [0, 0.1) is 0 Å². The van der Waals surface area contributed by atoms with Gasteiger partial charge in [0, 0.05) is 12.6 Å². The van der Waals surface area contributed by atoms with Crippen LogP contribution in [0.4, 0.5) is 0 Å². The summed E-state index contributed by atoms with van der Waals surface area (Å²) in [7, 11) is -2.85. The van der Waals surface area contributed by atoms with Gasteiger partial charge in [-0.05, 0) is 31.5 Å². The fourth-order valence-electron chi connectivity index (χ4n) is 1.61. The first-order valence-corrected chi connectivity index (χ1v) is 7.51. The van der Waals surface area contributed by atoms with Crippen LogP contribution in [-0.4, -0.2) is 37.6 Å². The van der Waals surface area contributed by atoms with Crippen molar-refractivity contribution in [1.29, 1.82) is 0 Å². The van der Waals surface area contributed by atoms with E-state index in [2.05, 4.69) is 17.6 Å². The summed E-state index contributed by atoms with van der Waals surface area (Å²) in [4.78, 5) is 0. The van der Waals surface area contributed by atoms with Crippen molar-refractivity contribution in [3.05, 3.63) is 0 Å². The average Bonchev–Trinajstić information content (AvgIpc) is 2.13. The van der Waals surface area contributed by atoms with E-state index >= 15 is 0 Å². The number of thiocarbonyl (C=S) groups is 1. The minimum atomic E-state index is -2.85. The van der Waals surface area contributed by atoms with Gasteiger partial charge in [-0.25, -0.2) is 8.42 Å². The molecule has 0 aliphatic carbocycles. The molecular formula is C9H18N2O2S2. The lowest BCUT2D eigenvalue weighted by molar-refractivity contribution is 0.529. The predicted molar refractivity (Wildman–Crippen MR) is 65.7 cm³/mol. The number of hydrogen-bond acceptors (Lipinski definition) is 3. The minimum absolute atomic E-state index is 0.0133. The molecule has 0 aromatic rings. The number of nitrogens with one attached hydrogen (secondary N) is 2. The van der Waals surface area contributed by atoms with Crippen LogP contribution in [0.5, 0.6) is 0 Å². The Hall–Kier alpha value is -0.360. The molecule has 1 aliphatic heterocycles. The molecule has 4 nitrogen and oxygen atoms in total. The average molecular weight is 250 g/mol. The van der Waals surface area contributed by atoms with Crippen LogP contribution in [0.25, 0.3) is 0 Å². The van der Waals surface area contributed by atoms with Crippen molar-refractivity contribution >= 4 is 27.2 Å². The van der Waals surface area contributed by atoms with Crippen molar-refractivity contribution in [3.63, 3.8) is 0 Å². The Bertz CT molecular complexity index is 314. The van der Waals surface area contributed by atoms with Crippen molar-refractivity contribution in [1.82, 2.24) is 10.6 Å². The Morgan fingerprint density at radius 2 is 2.27 bits per heavy atom. The van der Waals surface area contributed by atoms with Gasteiger partial charge in [0.2, 0.25) is 0 Å². The molecule has 1 aliphatic rings. The largest absolute Gasteiger partial charge is 0.363 e. The molecular weight excluding hydrogens is 232 g/mol. The van der Waals surface area contributed by atoms with E-state index < -0.39 is 9.84 Å². The Balaban J connectivity index is 2.35. The molecule has 0 bridgehead atoms. The second kappa shape index (κ2) is 5.65. The topological polar surface area (TPSA) is 58.2 Å². The van der Waals surface area contributed by atoms with E-state index in [1.165, 1.54) is 0 Å². The molecule has 88 valence electrons. The van der Waals surface area contributed by atoms with Gasteiger partial charge in [-0.3, -0.25) is 0 Å². The molecule has 0 radical (unpaired) electrons. The standard InChI is InChI=1S/C9H18N2O2S2/c1-2-5-10-9(14)11-8-4-3-6-15(12,13)7-8/h8H,2-7H2,1H3,(H2,10,11,14). The van der Waals surface area contributed by atoms with Gasteiger partial charge in [0.15, 0.2) is 14.9 Å². The molecule has 1 fully saturated rings. The zero-order valence-electron chi connectivity index (χ0n) is 8.95. The van der Waals surface area contributed by atoms with Crippen molar-refractivity contribution in [2.75, 3.05) is 18.1 Å². The van der Waals surface area contributed by atoms with Gasteiger partial charge >= 0.3 is 0 Å². The summed E-state index contributed by atoms with van der Waals surface area (Å²) < 4.78 is 22.7. The van der Waals surface area contributed by atoms with Gasteiger partial charge in [-0.15, -0.1) is 0 Å². The van der Waals surface area contributed by atoms with Gasteiger partial charge in [0.05, 0.1) is 11.5 Å². The van der Waals surface area contributed by atoms with Crippen LogP contribution in [0.2, 0.25) is 0 Å². The summed E-state index contributed by atoms with van der Waals surface area (Å²) >= 11 is 5.06. The number of sulfone groups is 1. The maximum absolute atomic E-state index is 11.4. The molecule has 1 unspecified atom stereocenters. The van der Waals surface area contributed by atoms with Crippen LogP contribution < -0.4 is 10.6 Å². The van der Waals surface area contributed by atoms with Crippen LogP contribution in [0.3, 0.4) is 0 Å². The van der Waals surface area contributed by atoms with Gasteiger partial charge in [-0.1, -0.05) is 6.92 Å². The molecule has 1 heterocycles. The Kier molecular flexibility index (Phi) is 4.79. The summed E-state index contributed by atoms with van der Waals surface area (Å²) in [5.41, 5.74) is 0. The summed E-state index contributed by atoms with van der Waals surface area (Å²) in [6.45, 7) is 2.88. The Morgan fingerprint density at radius 3 is 2.87 bits per heavy atom.